The smallest absolute Gasteiger partial charge is 0.311 e. The second-order valence-corrected chi connectivity index (χ2v) is 9.63. The van der Waals surface area contributed by atoms with Crippen LogP contribution in [0.1, 0.15) is 93.9 Å². The molecule has 1 aromatic heterocycles. The van der Waals surface area contributed by atoms with E-state index in [0.717, 1.165) is 24.8 Å². The van der Waals surface area contributed by atoms with E-state index in [0.29, 0.717) is 11.5 Å². The molecule has 4 heteroatoms. The molecular weight excluding hydrogens is 404 g/mol. The molecule has 166 valence electrons. The van der Waals surface area contributed by atoms with Gasteiger partial charge in [-0.05, 0) is 84.6 Å². The summed E-state index contributed by atoms with van der Waals surface area (Å²) in [5.74, 6) is 7.78. The number of carboxylic acid groups (broad SMARTS) is 1. The predicted octanol–water partition coefficient (Wildman–Crippen LogP) is 6.98. The van der Waals surface area contributed by atoms with Gasteiger partial charge in [0.1, 0.15) is 12.2 Å². The van der Waals surface area contributed by atoms with Gasteiger partial charge in [-0.3, -0.25) is 4.79 Å². The monoisotopic (exact) mass is 438 g/mol. The molecule has 1 aliphatic heterocycles. The standard InChI is InChI=1S/C27H34O3S/c1-4-7-8-9-10-20-18-25-24(27(5-2,6-3)15-16-31-25)17-21(20)11-12-22-13-14-23(30-22)19-26(28)29/h13-14,17-18H,4-10,15-16,19H2,1-3H3,(H,28,29). The lowest BCUT2D eigenvalue weighted by Gasteiger charge is -2.38. The van der Waals surface area contributed by atoms with E-state index in [9.17, 15) is 4.79 Å². The predicted molar refractivity (Wildman–Crippen MR) is 128 cm³/mol. The lowest BCUT2D eigenvalue weighted by atomic mass is 9.72. The van der Waals surface area contributed by atoms with Gasteiger partial charge in [0.25, 0.3) is 0 Å². The third kappa shape index (κ3) is 5.77. The molecule has 0 saturated carbocycles. The second kappa shape index (κ2) is 11.0. The average molecular weight is 439 g/mol. The number of carbonyl (C=O) groups is 1. The third-order valence-corrected chi connectivity index (χ3v) is 7.63. The van der Waals surface area contributed by atoms with Crippen molar-refractivity contribution in [3.63, 3.8) is 0 Å². The highest BCUT2D eigenvalue weighted by Gasteiger charge is 2.34. The summed E-state index contributed by atoms with van der Waals surface area (Å²) in [7, 11) is 0. The molecule has 1 aliphatic rings. The molecule has 0 fully saturated rings. The molecular formula is C27H34O3S. The summed E-state index contributed by atoms with van der Waals surface area (Å²) in [6.45, 7) is 6.85. The first-order chi connectivity index (χ1) is 15.0. The van der Waals surface area contributed by atoms with Crippen LogP contribution in [0.15, 0.2) is 33.6 Å². The minimum atomic E-state index is -0.897. The zero-order chi connectivity index (χ0) is 22.3. The van der Waals surface area contributed by atoms with E-state index < -0.39 is 5.97 Å². The summed E-state index contributed by atoms with van der Waals surface area (Å²) in [6.07, 6.45) is 9.39. The van der Waals surface area contributed by atoms with Gasteiger partial charge in [-0.1, -0.05) is 46.0 Å². The van der Waals surface area contributed by atoms with Gasteiger partial charge in [0, 0.05) is 10.5 Å². The molecule has 0 amide bonds. The highest BCUT2D eigenvalue weighted by Crippen LogP contribution is 2.47. The first-order valence-corrected chi connectivity index (χ1v) is 12.6. The Balaban J connectivity index is 1.96. The van der Waals surface area contributed by atoms with Crippen molar-refractivity contribution in [3.05, 3.63) is 52.5 Å². The Bertz CT molecular complexity index is 957. The quantitative estimate of drug-likeness (QED) is 0.339. The number of rotatable bonds is 9. The van der Waals surface area contributed by atoms with Crippen LogP contribution in [0.2, 0.25) is 0 Å². The molecule has 2 heterocycles. The van der Waals surface area contributed by atoms with E-state index in [1.54, 1.807) is 12.1 Å². The van der Waals surface area contributed by atoms with Crippen LogP contribution in [0.3, 0.4) is 0 Å². The molecule has 0 atom stereocenters. The van der Waals surface area contributed by atoms with E-state index in [1.807, 2.05) is 11.8 Å². The number of benzene rings is 1. The maximum atomic E-state index is 10.9. The molecule has 31 heavy (non-hydrogen) atoms. The van der Waals surface area contributed by atoms with Gasteiger partial charge in [-0.2, -0.15) is 0 Å². The van der Waals surface area contributed by atoms with Gasteiger partial charge in [-0.25, -0.2) is 0 Å². The molecule has 1 N–H and O–H groups in total. The highest BCUT2D eigenvalue weighted by molar-refractivity contribution is 7.99. The molecule has 2 aromatic rings. The Kier molecular flexibility index (Phi) is 8.32. The van der Waals surface area contributed by atoms with Gasteiger partial charge < -0.3 is 9.52 Å². The normalized spacial score (nSPS) is 14.5. The highest BCUT2D eigenvalue weighted by atomic mass is 32.2. The molecule has 0 radical (unpaired) electrons. The van der Waals surface area contributed by atoms with Crippen molar-refractivity contribution >= 4 is 17.7 Å². The van der Waals surface area contributed by atoms with Crippen molar-refractivity contribution in [2.24, 2.45) is 0 Å². The Hall–Kier alpha value is -2.12. The largest absolute Gasteiger partial charge is 0.481 e. The van der Waals surface area contributed by atoms with Crippen molar-refractivity contribution in [3.8, 4) is 11.8 Å². The SMILES string of the molecule is CCCCCCc1cc2c(cc1C#Cc1ccc(CC(=O)O)o1)C(CC)(CC)CCS2. The molecule has 3 rings (SSSR count). The first-order valence-electron chi connectivity index (χ1n) is 11.6. The third-order valence-electron chi connectivity index (χ3n) is 6.58. The average Bonchev–Trinajstić information content (AvgIpc) is 3.21. The number of furan rings is 1. The number of hydrogen-bond donors (Lipinski definition) is 1. The Morgan fingerprint density at radius 1 is 1.13 bits per heavy atom. The van der Waals surface area contributed by atoms with Crippen molar-refractivity contribution < 1.29 is 14.3 Å². The maximum Gasteiger partial charge on any atom is 0.311 e. The topological polar surface area (TPSA) is 50.4 Å². The number of carboxylic acids is 1. The van der Waals surface area contributed by atoms with Crippen LogP contribution >= 0.6 is 11.8 Å². The number of aliphatic carboxylic acids is 1. The Labute approximate surface area is 191 Å². The van der Waals surface area contributed by atoms with Crippen LogP contribution < -0.4 is 0 Å². The van der Waals surface area contributed by atoms with E-state index >= 15 is 0 Å². The number of aryl methyl sites for hydroxylation is 1. The fraction of sp³-hybridized carbons (Fsp3) is 0.519. The van der Waals surface area contributed by atoms with E-state index in [-0.39, 0.29) is 11.8 Å². The molecule has 1 aromatic carbocycles. The minimum Gasteiger partial charge on any atom is -0.481 e. The molecule has 0 aliphatic carbocycles. The Morgan fingerprint density at radius 3 is 2.65 bits per heavy atom. The molecule has 0 unspecified atom stereocenters. The van der Waals surface area contributed by atoms with Crippen LogP contribution in [0, 0.1) is 11.8 Å². The van der Waals surface area contributed by atoms with Crippen molar-refractivity contribution in [2.45, 2.75) is 88.9 Å². The van der Waals surface area contributed by atoms with Crippen LogP contribution in [0.5, 0.6) is 0 Å². The zero-order valence-electron chi connectivity index (χ0n) is 19.1. The summed E-state index contributed by atoms with van der Waals surface area (Å²) in [6, 6.07) is 8.21. The maximum absolute atomic E-state index is 10.9. The van der Waals surface area contributed by atoms with Crippen molar-refractivity contribution in [2.75, 3.05) is 5.75 Å². The van der Waals surface area contributed by atoms with Gasteiger partial charge in [0.2, 0.25) is 0 Å². The number of thioether (sulfide) groups is 1. The molecule has 0 spiro atoms. The molecule has 3 nitrogen and oxygen atoms in total. The summed E-state index contributed by atoms with van der Waals surface area (Å²) in [4.78, 5) is 12.3. The van der Waals surface area contributed by atoms with E-state index in [4.69, 9.17) is 9.52 Å². The lowest BCUT2D eigenvalue weighted by molar-refractivity contribution is -0.136. The fourth-order valence-electron chi connectivity index (χ4n) is 4.51. The van der Waals surface area contributed by atoms with Crippen LogP contribution in [0.25, 0.3) is 0 Å². The van der Waals surface area contributed by atoms with E-state index in [2.05, 4.69) is 44.7 Å². The fourth-order valence-corrected chi connectivity index (χ4v) is 5.88. The number of unbranched alkanes of at least 4 members (excludes halogenated alkanes) is 3. The van der Waals surface area contributed by atoms with Crippen molar-refractivity contribution in [1.82, 2.24) is 0 Å². The van der Waals surface area contributed by atoms with Gasteiger partial charge >= 0.3 is 5.97 Å². The summed E-state index contributed by atoms with van der Waals surface area (Å²) < 4.78 is 5.61. The summed E-state index contributed by atoms with van der Waals surface area (Å²) >= 11 is 1.99. The van der Waals surface area contributed by atoms with E-state index in [1.165, 1.54) is 53.9 Å². The van der Waals surface area contributed by atoms with Crippen molar-refractivity contribution in [1.29, 1.82) is 0 Å². The Morgan fingerprint density at radius 2 is 1.94 bits per heavy atom. The minimum absolute atomic E-state index is 0.115. The molecule has 0 bridgehead atoms. The zero-order valence-corrected chi connectivity index (χ0v) is 19.9. The number of fused-ring (bicyclic) bond motifs is 1. The summed E-state index contributed by atoms with van der Waals surface area (Å²) in [5, 5.41) is 8.95. The van der Waals surface area contributed by atoms with Crippen LogP contribution in [0.4, 0.5) is 0 Å². The van der Waals surface area contributed by atoms with Crippen LogP contribution in [-0.4, -0.2) is 16.8 Å². The van der Waals surface area contributed by atoms with Gasteiger partial charge in [0.05, 0.1) is 0 Å². The van der Waals surface area contributed by atoms with Gasteiger partial charge in [0.15, 0.2) is 5.76 Å². The second-order valence-electron chi connectivity index (χ2n) is 8.49. The summed E-state index contributed by atoms with van der Waals surface area (Å²) in [5.41, 5.74) is 4.13. The molecule has 0 saturated heterocycles. The first kappa shape index (κ1) is 23.5. The van der Waals surface area contributed by atoms with Gasteiger partial charge in [-0.15, -0.1) is 11.8 Å². The lowest BCUT2D eigenvalue weighted by Crippen LogP contribution is -2.29. The van der Waals surface area contributed by atoms with Crippen LogP contribution in [-0.2, 0) is 23.1 Å². The number of hydrogen-bond acceptors (Lipinski definition) is 3.